The van der Waals surface area contributed by atoms with E-state index < -0.39 is 12.1 Å². The van der Waals surface area contributed by atoms with Crippen molar-refractivity contribution < 1.29 is 17.7 Å². The quantitative estimate of drug-likeness (QED) is 0.774. The molecule has 2 aromatic carbocycles. The number of nitrogens with one attached hydrogen (secondary N) is 1. The second-order valence-electron chi connectivity index (χ2n) is 4.49. The molecule has 1 aromatic heterocycles. The molecule has 22 heavy (non-hydrogen) atoms. The fourth-order valence-electron chi connectivity index (χ4n) is 1.88. The average molecular weight is 305 g/mol. The molecule has 0 amide bonds. The monoisotopic (exact) mass is 305 g/mol. The topological polar surface area (TPSA) is 51.0 Å². The van der Waals surface area contributed by atoms with Crippen LogP contribution in [-0.4, -0.2) is 10.1 Å². The summed E-state index contributed by atoms with van der Waals surface area (Å²) in [4.78, 5) is 3.37. The van der Waals surface area contributed by atoms with Crippen molar-refractivity contribution in [2.75, 3.05) is 5.32 Å². The molecule has 0 saturated carbocycles. The summed E-state index contributed by atoms with van der Waals surface area (Å²) in [6.45, 7) is 0. The minimum atomic E-state index is -4.65. The van der Waals surface area contributed by atoms with Gasteiger partial charge in [-0.1, -0.05) is 35.5 Å². The number of nitrogens with zero attached hydrogens (tertiary/aromatic N) is 2. The van der Waals surface area contributed by atoms with Crippen LogP contribution >= 0.6 is 0 Å². The maximum Gasteiger partial charge on any atom is 0.471 e. The summed E-state index contributed by atoms with van der Waals surface area (Å²) in [6.07, 6.45) is -4.65. The van der Waals surface area contributed by atoms with Crippen molar-refractivity contribution in [1.29, 1.82) is 0 Å². The molecule has 0 bridgehead atoms. The summed E-state index contributed by atoms with van der Waals surface area (Å²) in [5.41, 5.74) is 2.01. The number of para-hydroxylation sites is 1. The molecular weight excluding hydrogens is 295 g/mol. The summed E-state index contributed by atoms with van der Waals surface area (Å²) >= 11 is 0. The van der Waals surface area contributed by atoms with E-state index in [1.807, 2.05) is 30.3 Å². The first-order chi connectivity index (χ1) is 10.5. The highest BCUT2D eigenvalue weighted by Crippen LogP contribution is 2.30. The number of alkyl halides is 3. The zero-order valence-electron chi connectivity index (χ0n) is 11.1. The van der Waals surface area contributed by atoms with E-state index in [-0.39, 0.29) is 5.82 Å². The minimum Gasteiger partial charge on any atom is -0.356 e. The number of halogens is 3. The molecular formula is C15H10F3N3O. The van der Waals surface area contributed by atoms with E-state index in [9.17, 15) is 13.2 Å². The molecule has 0 saturated heterocycles. The van der Waals surface area contributed by atoms with Gasteiger partial charge < -0.3 is 9.84 Å². The van der Waals surface area contributed by atoms with E-state index in [1.54, 1.807) is 24.3 Å². The number of hydrogen-bond donors (Lipinski definition) is 1. The molecule has 0 fully saturated rings. The van der Waals surface area contributed by atoms with Crippen LogP contribution in [0, 0.1) is 0 Å². The number of rotatable bonds is 3. The SMILES string of the molecule is FC(F)(F)c1nc(-c2cccc(Nc3ccccc3)c2)no1. The number of benzene rings is 2. The molecule has 7 heteroatoms. The molecule has 112 valence electrons. The zero-order chi connectivity index (χ0) is 15.6. The van der Waals surface area contributed by atoms with Crippen LogP contribution in [0.4, 0.5) is 24.5 Å². The Labute approximate surface area is 123 Å². The van der Waals surface area contributed by atoms with Crippen LogP contribution in [-0.2, 0) is 6.18 Å². The van der Waals surface area contributed by atoms with Gasteiger partial charge in [-0.15, -0.1) is 0 Å². The lowest BCUT2D eigenvalue weighted by atomic mass is 10.2. The van der Waals surface area contributed by atoms with Crippen LogP contribution < -0.4 is 5.32 Å². The first-order valence-electron chi connectivity index (χ1n) is 6.36. The van der Waals surface area contributed by atoms with E-state index >= 15 is 0 Å². The predicted molar refractivity (Wildman–Crippen MR) is 74.5 cm³/mol. The third-order valence-corrected chi connectivity index (χ3v) is 2.85. The van der Waals surface area contributed by atoms with Crippen molar-refractivity contribution in [3.05, 3.63) is 60.5 Å². The maximum atomic E-state index is 12.5. The molecule has 0 spiro atoms. The van der Waals surface area contributed by atoms with Gasteiger partial charge in [-0.3, -0.25) is 0 Å². The van der Waals surface area contributed by atoms with Crippen LogP contribution in [0.2, 0.25) is 0 Å². The Morgan fingerprint density at radius 3 is 2.32 bits per heavy atom. The molecule has 3 rings (SSSR count). The Hall–Kier alpha value is -2.83. The van der Waals surface area contributed by atoms with E-state index in [0.29, 0.717) is 11.3 Å². The second-order valence-corrected chi connectivity index (χ2v) is 4.49. The molecule has 0 unspecified atom stereocenters. The van der Waals surface area contributed by atoms with E-state index in [4.69, 9.17) is 0 Å². The Bertz CT molecular complexity index is 769. The maximum absolute atomic E-state index is 12.5. The van der Waals surface area contributed by atoms with Gasteiger partial charge in [0.05, 0.1) is 0 Å². The lowest BCUT2D eigenvalue weighted by Crippen LogP contribution is -2.04. The van der Waals surface area contributed by atoms with Crippen LogP contribution in [0.25, 0.3) is 11.4 Å². The normalized spacial score (nSPS) is 11.4. The van der Waals surface area contributed by atoms with Crippen LogP contribution in [0.5, 0.6) is 0 Å². The minimum absolute atomic E-state index is 0.107. The molecule has 4 nitrogen and oxygen atoms in total. The van der Waals surface area contributed by atoms with Crippen molar-refractivity contribution in [3.63, 3.8) is 0 Å². The summed E-state index contributed by atoms with van der Waals surface area (Å²) in [6, 6.07) is 16.2. The third-order valence-electron chi connectivity index (χ3n) is 2.85. The van der Waals surface area contributed by atoms with Gasteiger partial charge in [0.1, 0.15) is 0 Å². The standard InChI is InChI=1S/C15H10F3N3O/c16-15(17,18)14-20-13(21-22-14)10-5-4-8-12(9-10)19-11-6-2-1-3-7-11/h1-9,19H. The average Bonchev–Trinajstić information content (AvgIpc) is 2.99. The lowest BCUT2D eigenvalue weighted by molar-refractivity contribution is -0.159. The van der Waals surface area contributed by atoms with Crippen LogP contribution in [0.15, 0.2) is 59.1 Å². The Kier molecular flexibility index (Phi) is 3.54. The van der Waals surface area contributed by atoms with Crippen molar-refractivity contribution in [2.24, 2.45) is 0 Å². The fourth-order valence-corrected chi connectivity index (χ4v) is 1.88. The summed E-state index contributed by atoms with van der Waals surface area (Å²) in [7, 11) is 0. The first-order valence-corrected chi connectivity index (χ1v) is 6.36. The molecule has 0 atom stereocenters. The largest absolute Gasteiger partial charge is 0.471 e. The van der Waals surface area contributed by atoms with Gasteiger partial charge in [-0.05, 0) is 24.3 Å². The Morgan fingerprint density at radius 2 is 1.64 bits per heavy atom. The lowest BCUT2D eigenvalue weighted by Gasteiger charge is -2.06. The molecule has 0 aliphatic carbocycles. The van der Waals surface area contributed by atoms with Gasteiger partial charge in [-0.25, -0.2) is 0 Å². The summed E-state index contributed by atoms with van der Waals surface area (Å²) in [5, 5.41) is 6.51. The highest BCUT2D eigenvalue weighted by atomic mass is 19.4. The Balaban J connectivity index is 1.86. The van der Waals surface area contributed by atoms with Crippen molar-refractivity contribution in [3.8, 4) is 11.4 Å². The number of aromatic nitrogens is 2. The smallest absolute Gasteiger partial charge is 0.356 e. The van der Waals surface area contributed by atoms with Gasteiger partial charge in [-0.2, -0.15) is 18.2 Å². The molecule has 0 radical (unpaired) electrons. The molecule has 1 N–H and O–H groups in total. The molecule has 0 aliphatic heterocycles. The Morgan fingerprint density at radius 1 is 0.909 bits per heavy atom. The van der Waals surface area contributed by atoms with Gasteiger partial charge in [0.25, 0.3) is 0 Å². The van der Waals surface area contributed by atoms with Gasteiger partial charge in [0.15, 0.2) is 0 Å². The molecule has 0 aliphatic rings. The van der Waals surface area contributed by atoms with E-state index in [1.165, 1.54) is 0 Å². The van der Waals surface area contributed by atoms with Gasteiger partial charge in [0, 0.05) is 16.9 Å². The molecule has 3 aromatic rings. The van der Waals surface area contributed by atoms with Crippen molar-refractivity contribution >= 4 is 11.4 Å². The summed E-state index contributed by atoms with van der Waals surface area (Å²) in [5.74, 6) is -1.46. The van der Waals surface area contributed by atoms with Gasteiger partial charge in [0.2, 0.25) is 5.82 Å². The third kappa shape index (κ3) is 3.08. The van der Waals surface area contributed by atoms with Crippen LogP contribution in [0.3, 0.4) is 0 Å². The van der Waals surface area contributed by atoms with Gasteiger partial charge >= 0.3 is 12.1 Å². The zero-order valence-corrected chi connectivity index (χ0v) is 11.1. The van der Waals surface area contributed by atoms with E-state index in [0.717, 1.165) is 5.69 Å². The highest BCUT2D eigenvalue weighted by molar-refractivity contribution is 5.66. The fraction of sp³-hybridized carbons (Fsp3) is 0.0667. The predicted octanol–water partition coefficient (Wildman–Crippen LogP) is 4.50. The number of hydrogen-bond acceptors (Lipinski definition) is 4. The highest BCUT2D eigenvalue weighted by Gasteiger charge is 2.38. The van der Waals surface area contributed by atoms with Crippen molar-refractivity contribution in [1.82, 2.24) is 10.1 Å². The number of anilines is 2. The van der Waals surface area contributed by atoms with Crippen molar-refractivity contribution in [2.45, 2.75) is 6.18 Å². The molecule has 1 heterocycles. The van der Waals surface area contributed by atoms with Crippen LogP contribution in [0.1, 0.15) is 5.89 Å². The first kappa shape index (κ1) is 14.1. The summed E-state index contributed by atoms with van der Waals surface area (Å²) < 4.78 is 41.7. The van der Waals surface area contributed by atoms with E-state index in [2.05, 4.69) is 20.0 Å². The second kappa shape index (κ2) is 5.51.